The van der Waals surface area contributed by atoms with Crippen molar-refractivity contribution >= 4 is 15.5 Å². The number of hydrogen-bond donors (Lipinski definition) is 1. The molecule has 0 spiro atoms. The minimum Gasteiger partial charge on any atom is -0.383 e. The summed E-state index contributed by atoms with van der Waals surface area (Å²) in [5, 5.41) is 0. The Bertz CT molecular complexity index is 478. The van der Waals surface area contributed by atoms with Crippen molar-refractivity contribution < 1.29 is 13.2 Å². The summed E-state index contributed by atoms with van der Waals surface area (Å²) in [6.45, 7) is 4.50. The van der Waals surface area contributed by atoms with E-state index in [1.165, 1.54) is 0 Å². The van der Waals surface area contributed by atoms with Crippen LogP contribution in [0.25, 0.3) is 0 Å². The molecule has 114 valence electrons. The highest BCUT2D eigenvalue weighted by atomic mass is 32.2. The normalized spacial score (nSPS) is 11.6. The first-order valence-corrected chi connectivity index (χ1v) is 8.47. The number of nitrogens with two attached hydrogens (primary N) is 1. The predicted molar refractivity (Wildman–Crippen MR) is 81.9 cm³/mol. The maximum Gasteiger partial charge on any atom is 0.178 e. The van der Waals surface area contributed by atoms with Crippen molar-refractivity contribution in [2.24, 2.45) is 5.73 Å². The van der Waals surface area contributed by atoms with Crippen LogP contribution in [0.3, 0.4) is 0 Å². The van der Waals surface area contributed by atoms with Gasteiger partial charge in [-0.2, -0.15) is 0 Å². The van der Waals surface area contributed by atoms with Crippen LogP contribution in [0.2, 0.25) is 0 Å². The van der Waals surface area contributed by atoms with Gasteiger partial charge in [0.15, 0.2) is 9.84 Å². The first kappa shape index (κ1) is 16.9. The number of sulfone groups is 1. The number of methoxy groups -OCH3 is 1. The van der Waals surface area contributed by atoms with Crippen molar-refractivity contribution in [2.75, 3.05) is 44.0 Å². The lowest BCUT2D eigenvalue weighted by Crippen LogP contribution is -2.29. The highest BCUT2D eigenvalue weighted by molar-refractivity contribution is 7.91. The molecule has 0 saturated heterocycles. The first-order chi connectivity index (χ1) is 9.55. The molecule has 5 nitrogen and oxygen atoms in total. The lowest BCUT2D eigenvalue weighted by atomic mass is 10.2. The van der Waals surface area contributed by atoms with Crippen molar-refractivity contribution in [3.8, 4) is 0 Å². The average molecular weight is 300 g/mol. The topological polar surface area (TPSA) is 72.6 Å². The zero-order chi connectivity index (χ0) is 15.0. The molecular formula is C14H24N2O3S. The zero-order valence-electron chi connectivity index (χ0n) is 12.2. The molecule has 0 unspecified atom stereocenters. The van der Waals surface area contributed by atoms with Gasteiger partial charge < -0.3 is 15.4 Å². The molecule has 0 aliphatic rings. The summed E-state index contributed by atoms with van der Waals surface area (Å²) in [4.78, 5) is 2.52. The van der Waals surface area contributed by atoms with E-state index in [9.17, 15) is 8.42 Å². The number of ether oxygens (including phenoxy) is 1. The van der Waals surface area contributed by atoms with Crippen molar-refractivity contribution in [3.63, 3.8) is 0 Å². The molecule has 1 aromatic carbocycles. The molecule has 0 atom stereocenters. The summed E-state index contributed by atoms with van der Waals surface area (Å²) in [6, 6.07) is 7.01. The molecule has 6 heteroatoms. The number of anilines is 1. The van der Waals surface area contributed by atoms with E-state index in [-0.39, 0.29) is 5.75 Å². The standard InChI is InChI=1S/C14H24N2O3S/c1-3-20(17,18)14-7-5-13(6-8-14)16(10-4-9-15)11-12-19-2/h5-8H,3-4,9-12,15H2,1-2H3. The Labute approximate surface area is 121 Å². The van der Waals surface area contributed by atoms with E-state index in [4.69, 9.17) is 10.5 Å². The van der Waals surface area contributed by atoms with Gasteiger partial charge in [-0.05, 0) is 37.2 Å². The maximum atomic E-state index is 11.8. The summed E-state index contributed by atoms with van der Waals surface area (Å²) < 4.78 is 28.7. The predicted octanol–water partition coefficient (Wildman–Crippen LogP) is 1.28. The van der Waals surface area contributed by atoms with Gasteiger partial charge in [-0.3, -0.25) is 0 Å². The average Bonchev–Trinajstić information content (AvgIpc) is 2.47. The SMILES string of the molecule is CCS(=O)(=O)c1ccc(N(CCCN)CCOC)cc1. The second-order valence-electron chi connectivity index (χ2n) is 4.52. The molecule has 20 heavy (non-hydrogen) atoms. The van der Waals surface area contributed by atoms with Gasteiger partial charge in [-0.1, -0.05) is 6.92 Å². The Hall–Kier alpha value is -1.11. The van der Waals surface area contributed by atoms with E-state index in [2.05, 4.69) is 4.90 Å². The van der Waals surface area contributed by atoms with Crippen LogP contribution in [0.5, 0.6) is 0 Å². The fourth-order valence-electron chi connectivity index (χ4n) is 1.88. The molecular weight excluding hydrogens is 276 g/mol. The van der Waals surface area contributed by atoms with Crippen molar-refractivity contribution in [3.05, 3.63) is 24.3 Å². The second-order valence-corrected chi connectivity index (χ2v) is 6.80. The molecule has 0 aliphatic heterocycles. The Kier molecular flexibility index (Phi) is 6.98. The van der Waals surface area contributed by atoms with Crippen molar-refractivity contribution in [2.45, 2.75) is 18.2 Å². The van der Waals surface area contributed by atoms with Crippen LogP contribution < -0.4 is 10.6 Å². The largest absolute Gasteiger partial charge is 0.383 e. The van der Waals surface area contributed by atoms with Crippen LogP contribution >= 0.6 is 0 Å². The van der Waals surface area contributed by atoms with E-state index in [1.54, 1.807) is 26.2 Å². The fraction of sp³-hybridized carbons (Fsp3) is 0.571. The smallest absolute Gasteiger partial charge is 0.178 e. The van der Waals surface area contributed by atoms with Gasteiger partial charge >= 0.3 is 0 Å². The molecule has 0 amide bonds. The molecule has 1 rings (SSSR count). The lowest BCUT2D eigenvalue weighted by molar-refractivity contribution is 0.205. The Morgan fingerprint density at radius 1 is 1.20 bits per heavy atom. The van der Waals surface area contributed by atoms with Gasteiger partial charge in [0.05, 0.1) is 17.3 Å². The minimum atomic E-state index is -3.14. The molecule has 0 radical (unpaired) electrons. The van der Waals surface area contributed by atoms with Crippen LogP contribution in [0, 0.1) is 0 Å². The Morgan fingerprint density at radius 3 is 2.35 bits per heavy atom. The summed E-state index contributed by atoms with van der Waals surface area (Å²) in [7, 11) is -1.47. The zero-order valence-corrected chi connectivity index (χ0v) is 13.0. The molecule has 0 aliphatic carbocycles. The van der Waals surface area contributed by atoms with Crippen LogP contribution in [0.4, 0.5) is 5.69 Å². The van der Waals surface area contributed by atoms with Crippen molar-refractivity contribution in [1.29, 1.82) is 0 Å². The van der Waals surface area contributed by atoms with E-state index in [1.807, 2.05) is 12.1 Å². The molecule has 0 bridgehead atoms. The van der Waals surface area contributed by atoms with E-state index < -0.39 is 9.84 Å². The summed E-state index contributed by atoms with van der Waals surface area (Å²) in [5.41, 5.74) is 6.54. The van der Waals surface area contributed by atoms with Gasteiger partial charge in [0, 0.05) is 25.9 Å². The van der Waals surface area contributed by atoms with Crippen molar-refractivity contribution in [1.82, 2.24) is 0 Å². The summed E-state index contributed by atoms with van der Waals surface area (Å²) >= 11 is 0. The third-order valence-electron chi connectivity index (χ3n) is 3.14. The molecule has 0 aromatic heterocycles. The van der Waals surface area contributed by atoms with Gasteiger partial charge in [0.2, 0.25) is 0 Å². The third-order valence-corrected chi connectivity index (χ3v) is 4.89. The second kappa shape index (κ2) is 8.24. The molecule has 0 heterocycles. The highest BCUT2D eigenvalue weighted by Gasteiger charge is 2.12. The first-order valence-electron chi connectivity index (χ1n) is 6.82. The summed E-state index contributed by atoms with van der Waals surface area (Å²) in [5.74, 6) is 0.118. The number of benzene rings is 1. The van der Waals surface area contributed by atoms with E-state index in [0.717, 1.165) is 25.2 Å². The van der Waals surface area contributed by atoms with Crippen LogP contribution in [0.1, 0.15) is 13.3 Å². The van der Waals surface area contributed by atoms with Crippen LogP contribution in [0.15, 0.2) is 29.2 Å². The fourth-order valence-corrected chi connectivity index (χ4v) is 2.77. The maximum absolute atomic E-state index is 11.8. The molecule has 2 N–H and O–H groups in total. The quantitative estimate of drug-likeness (QED) is 0.744. The lowest BCUT2D eigenvalue weighted by Gasteiger charge is -2.24. The van der Waals surface area contributed by atoms with Crippen LogP contribution in [-0.4, -0.2) is 47.5 Å². The van der Waals surface area contributed by atoms with Crippen LogP contribution in [-0.2, 0) is 14.6 Å². The molecule has 1 aromatic rings. The summed E-state index contributed by atoms with van der Waals surface area (Å²) in [6.07, 6.45) is 0.888. The number of nitrogens with zero attached hydrogens (tertiary/aromatic N) is 1. The third kappa shape index (κ3) is 4.77. The van der Waals surface area contributed by atoms with E-state index in [0.29, 0.717) is 18.0 Å². The van der Waals surface area contributed by atoms with E-state index >= 15 is 0 Å². The minimum absolute atomic E-state index is 0.118. The van der Waals surface area contributed by atoms with Gasteiger partial charge in [0.25, 0.3) is 0 Å². The Morgan fingerprint density at radius 2 is 1.85 bits per heavy atom. The number of rotatable bonds is 9. The van der Waals surface area contributed by atoms with Gasteiger partial charge in [-0.25, -0.2) is 8.42 Å². The van der Waals surface area contributed by atoms with Gasteiger partial charge in [0.1, 0.15) is 0 Å². The Balaban J connectivity index is 2.86. The molecule has 0 fully saturated rings. The monoisotopic (exact) mass is 300 g/mol. The molecule has 0 saturated carbocycles. The number of hydrogen-bond acceptors (Lipinski definition) is 5. The van der Waals surface area contributed by atoms with Gasteiger partial charge in [-0.15, -0.1) is 0 Å². The highest BCUT2D eigenvalue weighted by Crippen LogP contribution is 2.19.